The molecular formula is C15H26O2. The minimum atomic E-state index is -0.616. The highest BCUT2D eigenvalue weighted by atomic mass is 16.3. The van der Waals surface area contributed by atoms with Crippen molar-refractivity contribution in [2.24, 2.45) is 17.8 Å². The lowest BCUT2D eigenvalue weighted by atomic mass is 9.76. The molecule has 0 aliphatic heterocycles. The third-order valence-corrected chi connectivity index (χ3v) is 5.28. The zero-order valence-corrected chi connectivity index (χ0v) is 11.4. The molecule has 0 radical (unpaired) electrons. The number of hydrogen-bond donors (Lipinski definition) is 2. The Labute approximate surface area is 105 Å². The Bertz CT molecular complexity index is 317. The number of aliphatic hydroxyl groups is 2. The van der Waals surface area contributed by atoms with Crippen molar-refractivity contribution >= 4 is 0 Å². The van der Waals surface area contributed by atoms with Crippen molar-refractivity contribution in [3.05, 3.63) is 12.2 Å². The van der Waals surface area contributed by atoms with E-state index in [9.17, 15) is 10.2 Å². The first-order chi connectivity index (χ1) is 7.74. The average molecular weight is 238 g/mol. The Hall–Kier alpha value is -0.340. The summed E-state index contributed by atoms with van der Waals surface area (Å²) in [5, 5.41) is 21.1. The second kappa shape index (κ2) is 4.10. The van der Waals surface area contributed by atoms with Crippen LogP contribution in [-0.4, -0.2) is 21.4 Å². The number of allylic oxidation sites excluding steroid dienone is 1. The van der Waals surface area contributed by atoms with E-state index < -0.39 is 11.2 Å². The summed E-state index contributed by atoms with van der Waals surface area (Å²) in [6.07, 6.45) is 4.60. The third kappa shape index (κ3) is 2.30. The average Bonchev–Trinajstić information content (AvgIpc) is 2.39. The van der Waals surface area contributed by atoms with E-state index in [4.69, 9.17) is 0 Å². The van der Waals surface area contributed by atoms with Gasteiger partial charge in [0.25, 0.3) is 0 Å². The van der Waals surface area contributed by atoms with Gasteiger partial charge in [0.2, 0.25) is 0 Å². The van der Waals surface area contributed by atoms with E-state index >= 15 is 0 Å². The molecule has 0 saturated heterocycles. The molecule has 2 aliphatic carbocycles. The van der Waals surface area contributed by atoms with Crippen LogP contribution in [0.25, 0.3) is 0 Å². The molecule has 2 N–H and O–H groups in total. The Balaban J connectivity index is 2.28. The molecule has 0 bridgehead atoms. The van der Waals surface area contributed by atoms with Gasteiger partial charge in [-0.05, 0) is 70.6 Å². The first kappa shape index (κ1) is 13.1. The van der Waals surface area contributed by atoms with Crippen molar-refractivity contribution in [1.82, 2.24) is 0 Å². The van der Waals surface area contributed by atoms with Gasteiger partial charge < -0.3 is 10.2 Å². The van der Waals surface area contributed by atoms with Crippen LogP contribution in [0.4, 0.5) is 0 Å². The van der Waals surface area contributed by atoms with Crippen LogP contribution in [0.5, 0.6) is 0 Å². The Morgan fingerprint density at radius 3 is 2.18 bits per heavy atom. The van der Waals surface area contributed by atoms with E-state index in [0.29, 0.717) is 5.92 Å². The highest BCUT2D eigenvalue weighted by molar-refractivity contribution is 5.08. The van der Waals surface area contributed by atoms with Crippen LogP contribution >= 0.6 is 0 Å². The van der Waals surface area contributed by atoms with Crippen molar-refractivity contribution in [3.8, 4) is 0 Å². The van der Waals surface area contributed by atoms with Gasteiger partial charge in [0, 0.05) is 0 Å². The highest BCUT2D eigenvalue weighted by Crippen LogP contribution is 2.52. The topological polar surface area (TPSA) is 40.5 Å². The second-order valence-electron chi connectivity index (χ2n) is 6.78. The first-order valence-electron chi connectivity index (χ1n) is 6.84. The molecular weight excluding hydrogens is 212 g/mol. The molecule has 2 heteroatoms. The van der Waals surface area contributed by atoms with E-state index in [-0.39, 0.29) is 11.8 Å². The molecule has 0 aromatic heterocycles. The van der Waals surface area contributed by atoms with Crippen molar-refractivity contribution in [2.45, 2.75) is 64.1 Å². The summed E-state index contributed by atoms with van der Waals surface area (Å²) >= 11 is 0. The van der Waals surface area contributed by atoms with E-state index in [0.717, 1.165) is 32.1 Å². The number of rotatable bonds is 1. The largest absolute Gasteiger partial charge is 0.390 e. The molecule has 17 heavy (non-hydrogen) atoms. The van der Waals surface area contributed by atoms with E-state index in [2.05, 4.69) is 13.5 Å². The lowest BCUT2D eigenvalue weighted by molar-refractivity contribution is -0.0539. The van der Waals surface area contributed by atoms with E-state index in [1.165, 1.54) is 5.57 Å². The van der Waals surface area contributed by atoms with Gasteiger partial charge in [0.1, 0.15) is 0 Å². The Kier molecular flexibility index (Phi) is 3.16. The molecule has 0 heterocycles. The molecule has 0 aromatic rings. The van der Waals surface area contributed by atoms with Gasteiger partial charge in [-0.1, -0.05) is 12.2 Å². The van der Waals surface area contributed by atoms with Crippen LogP contribution in [-0.2, 0) is 0 Å². The molecule has 2 rings (SSSR count). The number of fused-ring (bicyclic) bond motifs is 1. The van der Waals surface area contributed by atoms with Crippen molar-refractivity contribution in [2.75, 3.05) is 0 Å². The Morgan fingerprint density at radius 2 is 1.59 bits per heavy atom. The van der Waals surface area contributed by atoms with E-state index in [1.807, 2.05) is 13.8 Å². The first-order valence-corrected chi connectivity index (χ1v) is 6.84. The summed E-state index contributed by atoms with van der Waals surface area (Å²) < 4.78 is 0. The van der Waals surface area contributed by atoms with Gasteiger partial charge in [0.05, 0.1) is 11.2 Å². The molecule has 2 fully saturated rings. The molecule has 0 aromatic carbocycles. The van der Waals surface area contributed by atoms with Gasteiger partial charge in [-0.25, -0.2) is 0 Å². The zero-order valence-electron chi connectivity index (χ0n) is 11.4. The molecule has 0 unspecified atom stereocenters. The lowest BCUT2D eigenvalue weighted by Gasteiger charge is -2.35. The van der Waals surface area contributed by atoms with Gasteiger partial charge in [0.15, 0.2) is 0 Å². The maximum Gasteiger partial charge on any atom is 0.0651 e. The fourth-order valence-electron chi connectivity index (χ4n) is 3.95. The minimum Gasteiger partial charge on any atom is -0.390 e. The molecule has 0 spiro atoms. The van der Waals surface area contributed by atoms with Crippen LogP contribution < -0.4 is 0 Å². The Morgan fingerprint density at radius 1 is 1.06 bits per heavy atom. The van der Waals surface area contributed by atoms with Gasteiger partial charge in [-0.2, -0.15) is 0 Å². The fraction of sp³-hybridized carbons (Fsp3) is 0.867. The summed E-state index contributed by atoms with van der Waals surface area (Å²) in [4.78, 5) is 0. The standard InChI is InChI=1S/C15H26O2/c1-10(2)11-5-7-14(3,16)12-6-8-15(4,17)13(12)9-11/h11-13,16-17H,1,5-9H2,2-4H3/t11-,12-,13-,14+,15-/m0/s1. The van der Waals surface area contributed by atoms with Crippen LogP contribution in [0.2, 0.25) is 0 Å². The minimum absolute atomic E-state index is 0.224. The van der Waals surface area contributed by atoms with Crippen molar-refractivity contribution in [3.63, 3.8) is 0 Å². The predicted molar refractivity (Wildman–Crippen MR) is 69.6 cm³/mol. The third-order valence-electron chi connectivity index (χ3n) is 5.28. The van der Waals surface area contributed by atoms with E-state index in [1.54, 1.807) is 0 Å². The van der Waals surface area contributed by atoms with Crippen LogP contribution in [0, 0.1) is 17.8 Å². The van der Waals surface area contributed by atoms with Gasteiger partial charge in [-0.3, -0.25) is 0 Å². The quantitative estimate of drug-likeness (QED) is 0.690. The smallest absolute Gasteiger partial charge is 0.0651 e. The molecule has 2 nitrogen and oxygen atoms in total. The summed E-state index contributed by atoms with van der Waals surface area (Å²) in [5.74, 6) is 0.935. The fourth-order valence-corrected chi connectivity index (χ4v) is 3.95. The molecule has 0 amide bonds. The number of hydrogen-bond acceptors (Lipinski definition) is 2. The summed E-state index contributed by atoms with van der Waals surface area (Å²) in [5.41, 5.74) is -0.0219. The van der Waals surface area contributed by atoms with Crippen LogP contribution in [0.15, 0.2) is 12.2 Å². The van der Waals surface area contributed by atoms with Crippen molar-refractivity contribution in [1.29, 1.82) is 0 Å². The lowest BCUT2D eigenvalue weighted by Crippen LogP contribution is -2.40. The zero-order chi connectivity index (χ0) is 12.8. The maximum absolute atomic E-state index is 10.6. The van der Waals surface area contributed by atoms with Gasteiger partial charge in [-0.15, -0.1) is 0 Å². The normalized spacial score (nSPS) is 50.8. The summed E-state index contributed by atoms with van der Waals surface area (Å²) in [6, 6.07) is 0. The summed E-state index contributed by atoms with van der Waals surface area (Å²) in [6.45, 7) is 10.0. The SMILES string of the molecule is C=C(C)[C@H]1CC[C@@](C)(O)[C@H]2CC[C@](C)(O)[C@H]2C1. The van der Waals surface area contributed by atoms with Crippen molar-refractivity contribution < 1.29 is 10.2 Å². The van der Waals surface area contributed by atoms with Gasteiger partial charge >= 0.3 is 0 Å². The highest BCUT2D eigenvalue weighted by Gasteiger charge is 2.52. The summed E-state index contributed by atoms with van der Waals surface area (Å²) in [7, 11) is 0. The second-order valence-corrected chi connectivity index (χ2v) is 6.78. The monoisotopic (exact) mass is 238 g/mol. The van der Waals surface area contributed by atoms with Crippen LogP contribution in [0.1, 0.15) is 52.9 Å². The molecule has 2 aliphatic rings. The predicted octanol–water partition coefficient (Wildman–Crippen LogP) is 2.89. The molecule has 98 valence electrons. The molecule has 2 saturated carbocycles. The van der Waals surface area contributed by atoms with Crippen LogP contribution in [0.3, 0.4) is 0 Å². The molecule has 5 atom stereocenters. The maximum atomic E-state index is 10.6.